The van der Waals surface area contributed by atoms with Crippen molar-refractivity contribution in [2.45, 2.75) is 6.67 Å². The highest BCUT2D eigenvalue weighted by Crippen LogP contribution is 2.31. The minimum atomic E-state index is -0.978. The number of nitrogens with zero attached hydrogens (tertiary/aromatic N) is 1. The standard InChI is InChI=1S/C7H4BrF2NO2/c8-6-4(3-9)1-2-5(10)7(6)11(12)13/h1-2H,3H2. The van der Waals surface area contributed by atoms with Crippen molar-refractivity contribution in [2.75, 3.05) is 0 Å². The molecule has 0 heterocycles. The number of rotatable bonds is 2. The summed E-state index contributed by atoms with van der Waals surface area (Å²) in [6.45, 7) is -0.873. The van der Waals surface area contributed by atoms with Gasteiger partial charge >= 0.3 is 5.69 Å². The summed E-state index contributed by atoms with van der Waals surface area (Å²) < 4.78 is 24.9. The van der Waals surface area contributed by atoms with Crippen LogP contribution in [0.1, 0.15) is 5.56 Å². The minimum Gasteiger partial charge on any atom is -0.258 e. The highest BCUT2D eigenvalue weighted by molar-refractivity contribution is 9.10. The fraction of sp³-hybridized carbons (Fsp3) is 0.143. The Hall–Kier alpha value is -1.04. The first-order valence-electron chi connectivity index (χ1n) is 3.25. The summed E-state index contributed by atoms with van der Waals surface area (Å²) in [5.74, 6) is -0.978. The van der Waals surface area contributed by atoms with Gasteiger partial charge in [0, 0.05) is 5.56 Å². The molecule has 0 amide bonds. The summed E-state index contributed by atoms with van der Waals surface area (Å²) >= 11 is 2.77. The van der Waals surface area contributed by atoms with Crippen LogP contribution in [0.25, 0.3) is 0 Å². The van der Waals surface area contributed by atoms with Gasteiger partial charge in [-0.1, -0.05) is 6.07 Å². The Morgan fingerprint density at radius 2 is 2.15 bits per heavy atom. The van der Waals surface area contributed by atoms with Gasteiger partial charge in [0.15, 0.2) is 0 Å². The Balaban J connectivity index is 3.38. The summed E-state index contributed by atoms with van der Waals surface area (Å²) in [7, 11) is 0. The quantitative estimate of drug-likeness (QED) is 0.599. The van der Waals surface area contributed by atoms with Gasteiger partial charge in [-0.2, -0.15) is 4.39 Å². The van der Waals surface area contributed by atoms with E-state index >= 15 is 0 Å². The molecule has 0 aromatic heterocycles. The summed E-state index contributed by atoms with van der Waals surface area (Å²) in [6.07, 6.45) is 0. The first-order valence-corrected chi connectivity index (χ1v) is 4.04. The Bertz CT molecular complexity index is 357. The molecule has 0 saturated carbocycles. The van der Waals surface area contributed by atoms with Gasteiger partial charge in [0.25, 0.3) is 0 Å². The highest BCUT2D eigenvalue weighted by atomic mass is 79.9. The van der Waals surface area contributed by atoms with Crippen molar-refractivity contribution in [3.8, 4) is 0 Å². The molecule has 6 heteroatoms. The molecule has 70 valence electrons. The van der Waals surface area contributed by atoms with Gasteiger partial charge < -0.3 is 0 Å². The molecule has 0 bridgehead atoms. The SMILES string of the molecule is O=[N+]([O-])c1c(F)ccc(CF)c1Br. The predicted molar refractivity (Wildman–Crippen MR) is 45.6 cm³/mol. The number of alkyl halides is 1. The van der Waals surface area contributed by atoms with Gasteiger partial charge in [0.05, 0.1) is 4.92 Å². The molecule has 13 heavy (non-hydrogen) atoms. The average Bonchev–Trinajstić information content (AvgIpc) is 2.04. The van der Waals surface area contributed by atoms with E-state index in [0.29, 0.717) is 0 Å². The van der Waals surface area contributed by atoms with E-state index in [9.17, 15) is 18.9 Å². The molecule has 0 aliphatic rings. The summed E-state index contributed by atoms with van der Waals surface area (Å²) in [4.78, 5) is 9.43. The Morgan fingerprint density at radius 1 is 1.54 bits per heavy atom. The van der Waals surface area contributed by atoms with E-state index in [1.807, 2.05) is 0 Å². The fourth-order valence-corrected chi connectivity index (χ4v) is 1.43. The van der Waals surface area contributed by atoms with E-state index in [-0.39, 0.29) is 10.0 Å². The molecular formula is C7H4BrF2NO2. The van der Waals surface area contributed by atoms with Crippen LogP contribution in [0.2, 0.25) is 0 Å². The van der Waals surface area contributed by atoms with Gasteiger partial charge in [0.2, 0.25) is 5.82 Å². The van der Waals surface area contributed by atoms with Crippen LogP contribution in [0.4, 0.5) is 14.5 Å². The number of halogens is 3. The third-order valence-electron chi connectivity index (χ3n) is 1.47. The van der Waals surface area contributed by atoms with E-state index in [4.69, 9.17) is 0 Å². The van der Waals surface area contributed by atoms with Crippen LogP contribution in [-0.4, -0.2) is 4.92 Å². The molecule has 3 nitrogen and oxygen atoms in total. The second-order valence-corrected chi connectivity index (χ2v) is 3.05. The van der Waals surface area contributed by atoms with Gasteiger partial charge in [-0.05, 0) is 22.0 Å². The zero-order valence-electron chi connectivity index (χ0n) is 6.26. The van der Waals surface area contributed by atoms with E-state index in [1.54, 1.807) is 0 Å². The van der Waals surface area contributed by atoms with Crippen molar-refractivity contribution >= 4 is 21.6 Å². The molecule has 0 atom stereocenters. The summed E-state index contributed by atoms with van der Waals surface area (Å²) in [6, 6.07) is 2.03. The maximum atomic E-state index is 12.8. The van der Waals surface area contributed by atoms with Crippen LogP contribution in [0.15, 0.2) is 16.6 Å². The molecule has 0 radical (unpaired) electrons. The minimum absolute atomic E-state index is 0.0631. The van der Waals surface area contributed by atoms with Crippen molar-refractivity contribution in [3.63, 3.8) is 0 Å². The van der Waals surface area contributed by atoms with Crippen LogP contribution in [0.3, 0.4) is 0 Å². The smallest absolute Gasteiger partial charge is 0.258 e. The van der Waals surface area contributed by atoms with E-state index in [0.717, 1.165) is 12.1 Å². The number of hydrogen-bond acceptors (Lipinski definition) is 2. The fourth-order valence-electron chi connectivity index (χ4n) is 0.853. The lowest BCUT2D eigenvalue weighted by Crippen LogP contribution is -1.96. The highest BCUT2D eigenvalue weighted by Gasteiger charge is 2.21. The summed E-state index contributed by atoms with van der Waals surface area (Å²) in [5.41, 5.74) is -0.664. The van der Waals surface area contributed by atoms with Gasteiger partial charge in [-0.25, -0.2) is 4.39 Å². The molecule has 1 aromatic carbocycles. The zero-order chi connectivity index (χ0) is 10.0. The van der Waals surface area contributed by atoms with Crippen molar-refractivity contribution in [1.82, 2.24) is 0 Å². The molecule has 0 aliphatic heterocycles. The number of hydrogen-bond donors (Lipinski definition) is 0. The maximum absolute atomic E-state index is 12.8. The van der Waals surface area contributed by atoms with E-state index < -0.39 is 23.1 Å². The molecule has 0 aliphatic carbocycles. The molecule has 1 rings (SSSR count). The third-order valence-corrected chi connectivity index (χ3v) is 2.36. The van der Waals surface area contributed by atoms with E-state index in [2.05, 4.69) is 15.9 Å². The molecule has 0 fully saturated rings. The predicted octanol–water partition coefficient (Wildman–Crippen LogP) is 2.97. The van der Waals surface area contributed by atoms with Gasteiger partial charge in [-0.15, -0.1) is 0 Å². The van der Waals surface area contributed by atoms with Crippen LogP contribution < -0.4 is 0 Å². The van der Waals surface area contributed by atoms with Crippen molar-refractivity contribution in [3.05, 3.63) is 38.1 Å². The van der Waals surface area contributed by atoms with Crippen molar-refractivity contribution in [2.24, 2.45) is 0 Å². The van der Waals surface area contributed by atoms with Crippen molar-refractivity contribution in [1.29, 1.82) is 0 Å². The summed E-state index contributed by atoms with van der Waals surface area (Å²) in [5, 5.41) is 10.3. The second-order valence-electron chi connectivity index (χ2n) is 2.26. The first-order chi connectivity index (χ1) is 6.07. The number of nitro benzene ring substituents is 1. The first kappa shape index (κ1) is 10.0. The Morgan fingerprint density at radius 3 is 2.62 bits per heavy atom. The number of nitro groups is 1. The molecule has 0 N–H and O–H groups in total. The topological polar surface area (TPSA) is 43.1 Å². The van der Waals surface area contributed by atoms with Crippen LogP contribution in [-0.2, 0) is 6.67 Å². The van der Waals surface area contributed by atoms with Gasteiger partial charge in [0.1, 0.15) is 11.1 Å². The Labute approximate surface area is 80.6 Å². The largest absolute Gasteiger partial charge is 0.319 e. The Kier molecular flexibility index (Phi) is 2.92. The van der Waals surface area contributed by atoms with Crippen LogP contribution >= 0.6 is 15.9 Å². The molecule has 0 spiro atoms. The van der Waals surface area contributed by atoms with Crippen LogP contribution in [0.5, 0.6) is 0 Å². The second kappa shape index (κ2) is 3.78. The lowest BCUT2D eigenvalue weighted by molar-refractivity contribution is -0.388. The van der Waals surface area contributed by atoms with Crippen LogP contribution in [0, 0.1) is 15.9 Å². The maximum Gasteiger partial charge on any atom is 0.319 e. The van der Waals surface area contributed by atoms with Gasteiger partial charge in [-0.3, -0.25) is 10.1 Å². The normalized spacial score (nSPS) is 10.1. The molecular weight excluding hydrogens is 248 g/mol. The zero-order valence-corrected chi connectivity index (χ0v) is 7.85. The van der Waals surface area contributed by atoms with E-state index in [1.165, 1.54) is 0 Å². The monoisotopic (exact) mass is 251 g/mol. The number of benzene rings is 1. The lowest BCUT2D eigenvalue weighted by Gasteiger charge is -2.00. The van der Waals surface area contributed by atoms with Crippen molar-refractivity contribution < 1.29 is 13.7 Å². The third kappa shape index (κ3) is 1.82. The molecule has 0 saturated heterocycles. The average molecular weight is 252 g/mol. The molecule has 0 unspecified atom stereocenters. The molecule has 1 aromatic rings. The lowest BCUT2D eigenvalue weighted by atomic mass is 10.2.